The molecule has 1 unspecified atom stereocenters. The van der Waals surface area contributed by atoms with E-state index in [0.717, 1.165) is 11.1 Å². The average Bonchev–Trinajstić information content (AvgIpc) is 1.61. The lowest BCUT2D eigenvalue weighted by atomic mass is 9.83. The van der Waals surface area contributed by atoms with E-state index in [2.05, 4.69) is 68.7 Å². The number of fused-ring (bicyclic) bond motifs is 6. The first kappa shape index (κ1) is 69.5. The van der Waals surface area contributed by atoms with Gasteiger partial charge >= 0.3 is 24.2 Å². The number of carbonyl (C=O) groups excluding carboxylic acids is 8. The Morgan fingerprint density at radius 3 is 2.39 bits per heavy atom. The number of aliphatic hydroxyl groups is 1. The minimum atomic E-state index is -1.91. The topological polar surface area (TPSA) is 330 Å². The summed E-state index contributed by atoms with van der Waals surface area (Å²) in [6.07, 6.45) is 2.13. The Morgan fingerprint density at radius 1 is 0.989 bits per heavy atom. The number of anilines is 3. The number of allylic oxidation sites excluding steroid dienone is 3. The Kier molecular flexibility index (Phi) is 25.2. The summed E-state index contributed by atoms with van der Waals surface area (Å²) in [4.78, 5) is 113. The number of nitrogens with one attached hydrogen (secondary N) is 6. The van der Waals surface area contributed by atoms with Gasteiger partial charge in [-0.05, 0) is 107 Å². The number of unbranched alkanes of at least 4 members (excludes halogenated alkanes) is 1. The molecule has 2 saturated heterocycles. The highest BCUT2D eigenvalue weighted by molar-refractivity contribution is 9.09. The normalized spacial score (nSPS) is 24.1. The van der Waals surface area contributed by atoms with E-state index >= 15 is 0 Å². The van der Waals surface area contributed by atoms with E-state index in [1.54, 1.807) is 71.0 Å². The van der Waals surface area contributed by atoms with Crippen molar-refractivity contribution >= 4 is 119 Å². The Balaban J connectivity index is 1.21. The van der Waals surface area contributed by atoms with Gasteiger partial charge in [-0.1, -0.05) is 88.0 Å². The van der Waals surface area contributed by atoms with E-state index in [-0.39, 0.29) is 78.0 Å². The molecule has 24 nitrogen and oxygen atoms in total. The zero-order valence-electron chi connectivity index (χ0n) is 50.3. The van der Waals surface area contributed by atoms with Gasteiger partial charge in [0.05, 0.1) is 54.2 Å². The SMILES string of the molecule is COc1cc2cc(c1Cl)N(C)C(=O)C[C@H](OC(=O)Nc1ccc(NC(=O)[C@H](CCCNC(N)=O)NC(=O)[C@@H](NC(=O)CCCCC(C)OC(=O)C(CBr)CBr)C(C)C)c3cccnc13)[C@]1(C)O[C@H]1[C@H](C)[C@@H]1C[C@@](O)(NC(=O)O1)[C@H](OC)/C=C/C=C(\C)C2. The molecule has 9 N–H and O–H groups in total. The molecule has 3 aromatic rings. The van der Waals surface area contributed by atoms with Crippen LogP contribution in [0.4, 0.5) is 31.4 Å². The number of epoxide rings is 1. The molecule has 3 aliphatic rings. The lowest BCUT2D eigenvalue weighted by molar-refractivity contribution is -0.152. The minimum absolute atomic E-state index is 0.0385. The van der Waals surface area contributed by atoms with Crippen molar-refractivity contribution in [2.75, 3.05) is 54.0 Å². The van der Waals surface area contributed by atoms with Gasteiger partial charge in [-0.25, -0.2) is 14.4 Å². The van der Waals surface area contributed by atoms with E-state index < -0.39 is 102 Å². The molecule has 4 bridgehead atoms. The van der Waals surface area contributed by atoms with Crippen LogP contribution < -0.4 is 47.3 Å². The summed E-state index contributed by atoms with van der Waals surface area (Å²) in [5, 5.41) is 29.6. The van der Waals surface area contributed by atoms with Gasteiger partial charge in [0.25, 0.3) is 0 Å². The third-order valence-corrected chi connectivity index (χ3v) is 17.6. The number of halogens is 3. The van der Waals surface area contributed by atoms with E-state index in [9.17, 15) is 43.5 Å². The van der Waals surface area contributed by atoms with E-state index in [4.69, 9.17) is 45.8 Å². The van der Waals surface area contributed by atoms with Crippen LogP contribution in [0.15, 0.2) is 66.4 Å². The van der Waals surface area contributed by atoms with Gasteiger partial charge < -0.3 is 65.4 Å². The van der Waals surface area contributed by atoms with Crippen LogP contribution >= 0.6 is 43.5 Å². The summed E-state index contributed by atoms with van der Waals surface area (Å²) in [5.74, 6) is -3.53. The molecule has 10 atom stereocenters. The number of carbonyl (C=O) groups is 8. The van der Waals surface area contributed by atoms with Crippen molar-refractivity contribution in [1.82, 2.24) is 26.3 Å². The van der Waals surface area contributed by atoms with Crippen molar-refractivity contribution in [2.45, 2.75) is 153 Å². The zero-order valence-corrected chi connectivity index (χ0v) is 54.2. The van der Waals surface area contributed by atoms with Crippen LogP contribution in [0.3, 0.4) is 0 Å². The number of pyridine rings is 1. The van der Waals surface area contributed by atoms with Gasteiger partial charge in [0.2, 0.25) is 23.6 Å². The molecular weight excluding hydrogens is 1280 g/mol. The highest BCUT2D eigenvalue weighted by Gasteiger charge is 2.64. The molecule has 1 aromatic heterocycles. The average molecular weight is 1360 g/mol. The number of alkyl carbamates (subject to hydrolysis) is 1. The lowest BCUT2D eigenvalue weighted by Gasteiger charge is -2.42. The Labute approximate surface area is 528 Å². The minimum Gasteiger partial charge on any atom is -0.495 e. The molecule has 8 amide bonds. The number of ether oxygens (including phenoxy) is 6. The van der Waals surface area contributed by atoms with E-state index in [1.807, 2.05) is 13.0 Å². The summed E-state index contributed by atoms with van der Waals surface area (Å²) >= 11 is 13.5. The molecule has 3 aliphatic heterocycles. The summed E-state index contributed by atoms with van der Waals surface area (Å²) in [6.45, 7) is 10.7. The van der Waals surface area contributed by atoms with Crippen LogP contribution in [0.5, 0.6) is 5.75 Å². The van der Waals surface area contributed by atoms with Gasteiger partial charge in [0.1, 0.15) is 46.8 Å². The highest BCUT2D eigenvalue weighted by Crippen LogP contribution is 2.49. The summed E-state index contributed by atoms with van der Waals surface area (Å²) in [6, 6.07) is 6.80. The summed E-state index contributed by atoms with van der Waals surface area (Å²) in [5.41, 5.74) is 4.58. The largest absolute Gasteiger partial charge is 0.495 e. The zero-order chi connectivity index (χ0) is 63.9. The first-order valence-electron chi connectivity index (χ1n) is 28.8. The fraction of sp³-hybridized carbons (Fsp3) is 0.550. The monoisotopic (exact) mass is 1360 g/mol. The molecule has 27 heteroatoms. The maximum Gasteiger partial charge on any atom is 0.412 e. The molecule has 0 saturated carbocycles. The first-order valence-corrected chi connectivity index (χ1v) is 31.4. The molecule has 0 radical (unpaired) electrons. The smallest absolute Gasteiger partial charge is 0.412 e. The number of hydrogen-bond donors (Lipinski definition) is 8. The van der Waals surface area contributed by atoms with Crippen molar-refractivity contribution in [1.29, 1.82) is 0 Å². The number of nitrogens with two attached hydrogens (primary N) is 1. The van der Waals surface area contributed by atoms with Crippen LogP contribution in [0.2, 0.25) is 5.02 Å². The van der Waals surface area contributed by atoms with Crippen molar-refractivity contribution in [3.63, 3.8) is 0 Å². The second-order valence-corrected chi connectivity index (χ2v) is 24.3. The van der Waals surface area contributed by atoms with Gasteiger partial charge in [0.15, 0.2) is 5.72 Å². The maximum absolute atomic E-state index is 14.6. The Morgan fingerprint density at radius 2 is 1.71 bits per heavy atom. The molecule has 6 rings (SSSR count). The van der Waals surface area contributed by atoms with E-state index in [1.165, 1.54) is 44.5 Å². The molecule has 87 heavy (non-hydrogen) atoms. The Hall–Kier alpha value is -6.58. The van der Waals surface area contributed by atoms with Crippen LogP contribution in [0.1, 0.15) is 98.5 Å². The second kappa shape index (κ2) is 31.6. The number of urea groups is 1. The quantitative estimate of drug-likeness (QED) is 0.0147. The Bertz CT molecular complexity index is 3060. The summed E-state index contributed by atoms with van der Waals surface area (Å²) < 4.78 is 35.2. The highest BCUT2D eigenvalue weighted by atomic mass is 79.9. The first-order chi connectivity index (χ1) is 41.2. The van der Waals surface area contributed by atoms with Gasteiger partial charge in [0, 0.05) is 61.7 Å². The molecular formula is C60H80Br2ClN9O15. The number of benzene rings is 2. The fourth-order valence-electron chi connectivity index (χ4n) is 10.5. The number of methoxy groups -OCH3 is 2. The molecule has 2 aromatic carbocycles. The van der Waals surface area contributed by atoms with Crippen LogP contribution in [-0.2, 0) is 54.1 Å². The number of alkyl halides is 2. The number of esters is 1. The van der Waals surface area contributed by atoms with Crippen LogP contribution in [0, 0.1) is 17.8 Å². The van der Waals surface area contributed by atoms with Gasteiger partial charge in [-0.2, -0.15) is 0 Å². The number of hydrogen-bond acceptors (Lipinski definition) is 16. The van der Waals surface area contributed by atoms with Gasteiger partial charge in [-0.15, -0.1) is 0 Å². The second-order valence-electron chi connectivity index (χ2n) is 22.6. The number of nitrogens with zero attached hydrogens (tertiary/aromatic N) is 2. The molecule has 0 spiro atoms. The van der Waals surface area contributed by atoms with Crippen molar-refractivity contribution < 1.29 is 71.9 Å². The molecule has 2 fully saturated rings. The van der Waals surface area contributed by atoms with Crippen LogP contribution in [-0.4, -0.2) is 150 Å². The van der Waals surface area contributed by atoms with Crippen molar-refractivity contribution in [3.8, 4) is 5.75 Å². The third-order valence-electron chi connectivity index (χ3n) is 15.6. The number of primary amides is 1. The maximum atomic E-state index is 14.6. The van der Waals surface area contributed by atoms with Gasteiger partial charge in [-0.3, -0.25) is 39.6 Å². The molecule has 476 valence electrons. The number of rotatable bonds is 23. The summed E-state index contributed by atoms with van der Waals surface area (Å²) in [7, 11) is 4.40. The predicted molar refractivity (Wildman–Crippen MR) is 334 cm³/mol. The standard InChI is InChI=1S/C60H80Br2ClN9O15/c1-32(2)50(70-47(73)20-11-10-16-34(4)84-55(77)37(30-61)31-62)54(76)68-41(18-14-24-66-56(64)78)53(75)67-39-21-22-40(51-38(39)17-13-23-65-51)69-57(79)86-46-28-48(74)72(7)42-26-36(27-43(82-8)49(42)63)25-33(3)15-12-19-45(83-9)60(81)29-44(85-58(80)71-60)35(5)52-59(46,6)87-52/h12-13,15,17,19,21-23,26-27,32,34-35,37,41,44-46,50,52,81H,10-11,14,16,18,20,24-25,28-31H2,1-9H3,(H,67,75)(H,68,76)(H,69,79)(H,70,73)(H,71,80)(H3,64,66,78)/b19-12+,33-15+/t34?,35-,41+,44+,45-,46+,50+,52+,59+,60+/m1/s1. The number of amides is 8. The van der Waals surface area contributed by atoms with Crippen LogP contribution in [0.25, 0.3) is 10.9 Å². The third kappa shape index (κ3) is 18.5. The predicted octanol–water partition coefficient (Wildman–Crippen LogP) is 7.83. The fourth-order valence-corrected chi connectivity index (χ4v) is 12.5. The van der Waals surface area contributed by atoms with E-state index in [0.29, 0.717) is 53.2 Å². The molecule has 0 aliphatic carbocycles. The lowest BCUT2D eigenvalue weighted by Crippen LogP contribution is -2.63. The molecule has 4 heterocycles. The van der Waals surface area contributed by atoms with Crippen molar-refractivity contribution in [3.05, 3.63) is 77.0 Å². The number of aromatic nitrogens is 1. The van der Waals surface area contributed by atoms with Crippen molar-refractivity contribution in [2.24, 2.45) is 23.5 Å².